The van der Waals surface area contributed by atoms with Gasteiger partial charge >= 0.3 is 12.4 Å². The van der Waals surface area contributed by atoms with E-state index in [0.29, 0.717) is 23.3 Å². The summed E-state index contributed by atoms with van der Waals surface area (Å²) in [5, 5.41) is 8.28. The molecule has 0 saturated carbocycles. The van der Waals surface area contributed by atoms with Crippen LogP contribution in [0.4, 0.5) is 30.7 Å². The van der Waals surface area contributed by atoms with Crippen molar-refractivity contribution in [3.63, 3.8) is 0 Å². The summed E-state index contributed by atoms with van der Waals surface area (Å²) in [6, 6.07) is 4.93. The maximum atomic E-state index is 14.0. The summed E-state index contributed by atoms with van der Waals surface area (Å²) in [4.78, 5) is 28.0. The number of carbonyl (C=O) groups is 2. The van der Waals surface area contributed by atoms with E-state index in [1.165, 1.54) is 28.4 Å². The Morgan fingerprint density at radius 1 is 0.935 bits per heavy atom. The van der Waals surface area contributed by atoms with Crippen molar-refractivity contribution >= 4 is 21.8 Å². The average molecular weight is 682 g/mol. The minimum absolute atomic E-state index is 0.00314. The van der Waals surface area contributed by atoms with Crippen molar-refractivity contribution in [2.45, 2.75) is 56.3 Å². The van der Waals surface area contributed by atoms with Gasteiger partial charge in [-0.3, -0.25) is 9.59 Å². The molecule has 2 fully saturated rings. The number of aliphatic hydroxyl groups excluding tert-OH is 1. The molecule has 2 atom stereocenters. The van der Waals surface area contributed by atoms with Gasteiger partial charge in [0, 0.05) is 51.6 Å². The number of aliphatic hydroxyl groups is 1. The van der Waals surface area contributed by atoms with Crippen LogP contribution >= 0.6 is 0 Å². The lowest BCUT2D eigenvalue weighted by Gasteiger charge is -2.41. The highest BCUT2D eigenvalue weighted by Crippen LogP contribution is 2.39. The Bertz CT molecular complexity index is 1520. The normalized spacial score (nSPS) is 20.5. The number of hydrogen-bond acceptors (Lipinski definition) is 5. The number of carbonyl (C=O) groups excluding carboxylic acids is 2. The number of rotatable bonds is 7. The number of halogens is 7. The Balaban J connectivity index is 1.60. The van der Waals surface area contributed by atoms with Crippen molar-refractivity contribution in [3.8, 4) is 0 Å². The van der Waals surface area contributed by atoms with E-state index in [9.17, 15) is 48.7 Å². The van der Waals surface area contributed by atoms with Crippen molar-refractivity contribution in [2.75, 3.05) is 39.8 Å². The molecule has 0 spiro atoms. The van der Waals surface area contributed by atoms with E-state index >= 15 is 0 Å². The first-order valence-electron chi connectivity index (χ1n) is 14.5. The summed E-state index contributed by atoms with van der Waals surface area (Å²) >= 11 is 0. The number of hydrogen-bond donors (Lipinski definition) is 1. The van der Waals surface area contributed by atoms with E-state index in [1.54, 1.807) is 6.92 Å². The standard InChI is InChI=1S/C30H34F7N3O5S/c1-18-11-22(31)3-4-24(18)26-16-40(46(44,45)23-5-8-39(9-6-23)27(42)17-41)10-7-25(26)28(43)38(2)15-19-12-20(29(32,33)34)14-21(13-19)30(35,36)37/h3-4,11-14,23,25-26,41H,5-10,15-17H2,1-2H3/t25-,26+/m1/s1. The summed E-state index contributed by atoms with van der Waals surface area (Å²) < 4.78 is 123. The molecule has 1 N–H and O–H groups in total. The monoisotopic (exact) mass is 681 g/mol. The first kappa shape index (κ1) is 35.6. The molecule has 2 aliphatic rings. The maximum absolute atomic E-state index is 14.0. The van der Waals surface area contributed by atoms with Gasteiger partial charge in [-0.2, -0.15) is 26.3 Å². The predicted octanol–water partition coefficient (Wildman–Crippen LogP) is 4.55. The molecule has 0 aliphatic carbocycles. The van der Waals surface area contributed by atoms with E-state index in [2.05, 4.69) is 0 Å². The molecule has 0 bridgehead atoms. The number of amides is 2. The van der Waals surface area contributed by atoms with Gasteiger partial charge in [0.1, 0.15) is 12.4 Å². The Hall–Kier alpha value is -3.24. The van der Waals surface area contributed by atoms with Gasteiger partial charge in [0.2, 0.25) is 21.8 Å². The van der Waals surface area contributed by atoms with E-state index in [-0.39, 0.29) is 51.5 Å². The second kappa shape index (κ2) is 13.5. The molecule has 16 heteroatoms. The number of likely N-dealkylation sites (tertiary alicyclic amines) is 1. The molecule has 0 aromatic heterocycles. The third-order valence-corrected chi connectivity index (χ3v) is 11.0. The number of aryl methyl sites for hydroxylation is 1. The largest absolute Gasteiger partial charge is 0.416 e. The minimum atomic E-state index is -5.06. The fourth-order valence-electron chi connectivity index (χ4n) is 6.28. The highest BCUT2D eigenvalue weighted by molar-refractivity contribution is 7.89. The van der Waals surface area contributed by atoms with Crippen LogP contribution in [0.5, 0.6) is 0 Å². The molecule has 0 radical (unpaired) electrons. The molecule has 2 heterocycles. The van der Waals surface area contributed by atoms with Crippen LogP contribution in [-0.2, 0) is 38.5 Å². The van der Waals surface area contributed by atoms with Gasteiger partial charge in [0.15, 0.2) is 0 Å². The topological polar surface area (TPSA) is 98.2 Å². The zero-order valence-electron chi connectivity index (χ0n) is 25.0. The molecular formula is C30H34F7N3O5S. The predicted molar refractivity (Wildman–Crippen MR) is 152 cm³/mol. The van der Waals surface area contributed by atoms with Crippen molar-refractivity contribution in [2.24, 2.45) is 5.92 Å². The molecule has 2 aliphatic heterocycles. The zero-order valence-corrected chi connectivity index (χ0v) is 25.9. The molecule has 254 valence electrons. The van der Waals surface area contributed by atoms with Crippen LogP contribution in [0.1, 0.15) is 53.0 Å². The van der Waals surface area contributed by atoms with Gasteiger partial charge in [-0.25, -0.2) is 17.1 Å². The summed E-state index contributed by atoms with van der Waals surface area (Å²) in [6.45, 7) is 0.335. The summed E-state index contributed by atoms with van der Waals surface area (Å²) in [5.41, 5.74) is -2.49. The Morgan fingerprint density at radius 2 is 1.52 bits per heavy atom. The van der Waals surface area contributed by atoms with E-state index < -0.39 is 86.9 Å². The highest BCUT2D eigenvalue weighted by atomic mass is 32.2. The quantitative estimate of drug-likeness (QED) is 0.433. The van der Waals surface area contributed by atoms with Crippen LogP contribution in [0.2, 0.25) is 0 Å². The first-order chi connectivity index (χ1) is 21.3. The van der Waals surface area contributed by atoms with Gasteiger partial charge in [-0.05, 0) is 73.2 Å². The smallest absolute Gasteiger partial charge is 0.387 e. The summed E-state index contributed by atoms with van der Waals surface area (Å²) in [6.07, 6.45) is -9.87. The molecule has 2 amide bonds. The van der Waals surface area contributed by atoms with E-state index in [4.69, 9.17) is 5.11 Å². The van der Waals surface area contributed by atoms with Crippen LogP contribution in [0.15, 0.2) is 36.4 Å². The van der Waals surface area contributed by atoms with Gasteiger partial charge < -0.3 is 14.9 Å². The Morgan fingerprint density at radius 3 is 2.04 bits per heavy atom. The SMILES string of the molecule is Cc1cc(F)ccc1[C@@H]1CN(S(=O)(=O)C2CCN(C(=O)CO)CC2)CC[C@H]1C(=O)N(C)Cc1cc(C(F)(F)F)cc(C(F)(F)F)c1. The highest BCUT2D eigenvalue weighted by Gasteiger charge is 2.44. The lowest BCUT2D eigenvalue weighted by atomic mass is 9.79. The molecule has 8 nitrogen and oxygen atoms in total. The fourth-order valence-corrected chi connectivity index (χ4v) is 8.23. The van der Waals surface area contributed by atoms with Gasteiger partial charge in [-0.1, -0.05) is 6.07 Å². The van der Waals surface area contributed by atoms with Crippen LogP contribution in [0.3, 0.4) is 0 Å². The molecule has 46 heavy (non-hydrogen) atoms. The Kier molecular flexibility index (Phi) is 10.4. The molecule has 0 unspecified atom stereocenters. The molecule has 2 aromatic rings. The first-order valence-corrected chi connectivity index (χ1v) is 16.0. The van der Waals surface area contributed by atoms with Crippen molar-refractivity contribution in [3.05, 3.63) is 70.0 Å². The fraction of sp³-hybridized carbons (Fsp3) is 0.533. The van der Waals surface area contributed by atoms with Crippen molar-refractivity contribution in [1.29, 1.82) is 0 Å². The number of alkyl halides is 6. The van der Waals surface area contributed by atoms with Crippen LogP contribution in [0, 0.1) is 18.7 Å². The molecule has 2 aromatic carbocycles. The number of piperidine rings is 2. The van der Waals surface area contributed by atoms with E-state index in [0.717, 1.165) is 11.0 Å². The van der Waals surface area contributed by atoms with Gasteiger partial charge in [-0.15, -0.1) is 0 Å². The van der Waals surface area contributed by atoms with Crippen molar-refractivity contribution < 1.29 is 53.8 Å². The third-order valence-electron chi connectivity index (χ3n) is 8.68. The van der Waals surface area contributed by atoms with Gasteiger partial charge in [0.25, 0.3) is 0 Å². The zero-order chi connectivity index (χ0) is 34.2. The van der Waals surface area contributed by atoms with E-state index in [1.807, 2.05) is 0 Å². The average Bonchev–Trinajstić information content (AvgIpc) is 2.99. The lowest BCUT2D eigenvalue weighted by Crippen LogP contribution is -2.52. The second-order valence-corrected chi connectivity index (χ2v) is 14.0. The Labute approximate surface area is 261 Å². The summed E-state index contributed by atoms with van der Waals surface area (Å²) in [7, 11) is -2.69. The molecule has 2 saturated heterocycles. The van der Waals surface area contributed by atoms with Crippen LogP contribution < -0.4 is 0 Å². The molecule has 4 rings (SSSR count). The van der Waals surface area contributed by atoms with Crippen LogP contribution in [-0.4, -0.2) is 84.5 Å². The van der Waals surface area contributed by atoms with Crippen LogP contribution in [0.25, 0.3) is 0 Å². The van der Waals surface area contributed by atoms with Crippen molar-refractivity contribution in [1.82, 2.24) is 14.1 Å². The minimum Gasteiger partial charge on any atom is -0.387 e. The molecular weight excluding hydrogens is 647 g/mol. The third kappa shape index (κ3) is 7.82. The number of sulfonamides is 1. The van der Waals surface area contributed by atoms with Gasteiger partial charge in [0.05, 0.1) is 16.4 Å². The second-order valence-electron chi connectivity index (χ2n) is 11.8. The number of nitrogens with zero attached hydrogens (tertiary/aromatic N) is 3. The summed E-state index contributed by atoms with van der Waals surface area (Å²) in [5.74, 6) is -3.41. The maximum Gasteiger partial charge on any atom is 0.416 e. The lowest BCUT2D eigenvalue weighted by molar-refractivity contribution is -0.143. The number of benzene rings is 2.